The molecule has 0 atom stereocenters. The Morgan fingerprint density at radius 1 is 0.651 bits per heavy atom. The van der Waals surface area contributed by atoms with Gasteiger partial charge in [0.25, 0.3) is 11.8 Å². The average Bonchev–Trinajstić information content (AvgIpc) is 3.04. The van der Waals surface area contributed by atoms with Crippen LogP contribution >= 0.6 is 0 Å². The van der Waals surface area contributed by atoms with Gasteiger partial charge in [-0.2, -0.15) is 13.2 Å². The molecule has 7 heteroatoms. The maximum atomic E-state index is 13.6. The number of carbonyl (C=O) groups excluding carboxylic acids is 2. The number of rotatable bonds is 5. The summed E-state index contributed by atoms with van der Waals surface area (Å²) in [6.45, 7) is 1.01. The first-order valence-corrected chi connectivity index (χ1v) is 13.9. The summed E-state index contributed by atoms with van der Waals surface area (Å²) in [7, 11) is 0. The van der Waals surface area contributed by atoms with Crippen LogP contribution in [0.15, 0.2) is 121 Å². The predicted molar refractivity (Wildman–Crippen MR) is 162 cm³/mol. The lowest BCUT2D eigenvalue weighted by Gasteiger charge is -2.30. The van der Waals surface area contributed by atoms with Gasteiger partial charge in [-0.05, 0) is 76.2 Å². The van der Waals surface area contributed by atoms with Crippen LogP contribution in [0.2, 0.25) is 0 Å². The van der Waals surface area contributed by atoms with Crippen LogP contribution in [-0.2, 0) is 19.1 Å². The van der Waals surface area contributed by atoms with E-state index in [1.807, 2.05) is 77.7 Å². The zero-order valence-corrected chi connectivity index (χ0v) is 23.1. The van der Waals surface area contributed by atoms with Crippen molar-refractivity contribution in [3.63, 3.8) is 0 Å². The van der Waals surface area contributed by atoms with Crippen molar-refractivity contribution in [3.8, 4) is 22.3 Å². The van der Waals surface area contributed by atoms with Crippen molar-refractivity contribution in [2.24, 2.45) is 0 Å². The third-order valence-corrected chi connectivity index (χ3v) is 7.70. The maximum Gasteiger partial charge on any atom is 0.416 e. The number of nitrogens with zero attached hydrogens (tertiary/aromatic N) is 1. The van der Waals surface area contributed by atoms with E-state index in [9.17, 15) is 22.8 Å². The van der Waals surface area contributed by atoms with E-state index in [-0.39, 0.29) is 11.8 Å². The van der Waals surface area contributed by atoms with Gasteiger partial charge in [-0.3, -0.25) is 9.59 Å². The summed E-state index contributed by atoms with van der Waals surface area (Å²) in [4.78, 5) is 28.8. The molecule has 0 aliphatic carbocycles. The van der Waals surface area contributed by atoms with Crippen LogP contribution in [0.4, 0.5) is 18.9 Å². The smallest absolute Gasteiger partial charge is 0.334 e. The highest BCUT2D eigenvalue weighted by Gasteiger charge is 2.30. The number of anilines is 1. The maximum absolute atomic E-state index is 13.6. The molecule has 0 aromatic heterocycles. The number of carbonyl (C=O) groups is 2. The normalized spacial score (nSPS) is 12.9. The molecular formula is C36H27F3N2O2. The van der Waals surface area contributed by atoms with Gasteiger partial charge in [-0.1, -0.05) is 84.9 Å². The predicted octanol–water partition coefficient (Wildman–Crippen LogP) is 8.49. The summed E-state index contributed by atoms with van der Waals surface area (Å²) in [6, 6.07) is 34.8. The highest BCUT2D eigenvalue weighted by Crippen LogP contribution is 2.33. The molecule has 1 aliphatic heterocycles. The zero-order chi connectivity index (χ0) is 30.0. The fourth-order valence-corrected chi connectivity index (χ4v) is 5.48. The topological polar surface area (TPSA) is 49.4 Å². The van der Waals surface area contributed by atoms with Crippen molar-refractivity contribution in [3.05, 3.63) is 149 Å². The SMILES string of the molecule is O=C(Nc1ccc2c(c1)CCN(C(=O)c1ccccc1-c1ccccc1)C2)c1ccccc1-c1ccc(C(F)(F)F)cc1. The molecule has 1 N–H and O–H groups in total. The first-order chi connectivity index (χ1) is 20.8. The Hall–Kier alpha value is -5.17. The van der Waals surface area contributed by atoms with Gasteiger partial charge in [0.05, 0.1) is 5.56 Å². The minimum Gasteiger partial charge on any atom is -0.334 e. The van der Waals surface area contributed by atoms with E-state index in [0.717, 1.165) is 34.4 Å². The van der Waals surface area contributed by atoms with Crippen LogP contribution in [-0.4, -0.2) is 23.3 Å². The third kappa shape index (κ3) is 5.93. The Labute approximate surface area is 247 Å². The van der Waals surface area contributed by atoms with Crippen molar-refractivity contribution in [1.29, 1.82) is 0 Å². The monoisotopic (exact) mass is 576 g/mol. The summed E-state index contributed by atoms with van der Waals surface area (Å²) < 4.78 is 39.1. The number of hydrogen-bond acceptors (Lipinski definition) is 2. The number of benzene rings is 5. The Bertz CT molecular complexity index is 1800. The molecule has 0 saturated heterocycles. The Morgan fingerprint density at radius 3 is 1.95 bits per heavy atom. The second-order valence-corrected chi connectivity index (χ2v) is 10.4. The van der Waals surface area contributed by atoms with Gasteiger partial charge in [0.15, 0.2) is 0 Å². The lowest BCUT2D eigenvalue weighted by Crippen LogP contribution is -2.36. The molecule has 0 radical (unpaired) electrons. The van der Waals surface area contributed by atoms with Crippen molar-refractivity contribution in [2.45, 2.75) is 19.1 Å². The first-order valence-electron chi connectivity index (χ1n) is 13.9. The molecule has 1 heterocycles. The summed E-state index contributed by atoms with van der Waals surface area (Å²) in [6.07, 6.45) is -3.79. The molecule has 0 fully saturated rings. The Kier molecular flexibility index (Phi) is 7.55. The van der Waals surface area contributed by atoms with Gasteiger partial charge in [0.1, 0.15) is 0 Å². The highest BCUT2D eigenvalue weighted by molar-refractivity contribution is 6.08. The Balaban J connectivity index is 1.18. The molecular weight excluding hydrogens is 549 g/mol. The van der Waals surface area contributed by atoms with Crippen molar-refractivity contribution in [1.82, 2.24) is 4.90 Å². The van der Waals surface area contributed by atoms with E-state index in [0.29, 0.717) is 47.5 Å². The van der Waals surface area contributed by atoms with Crippen LogP contribution in [0.3, 0.4) is 0 Å². The largest absolute Gasteiger partial charge is 0.416 e. The molecule has 2 amide bonds. The number of amides is 2. The summed E-state index contributed by atoms with van der Waals surface area (Å²) >= 11 is 0. The van der Waals surface area contributed by atoms with Crippen LogP contribution in [0, 0.1) is 0 Å². The van der Waals surface area contributed by atoms with Crippen molar-refractivity contribution >= 4 is 17.5 Å². The number of fused-ring (bicyclic) bond motifs is 1. The number of alkyl halides is 3. The second-order valence-electron chi connectivity index (χ2n) is 10.4. The fourth-order valence-electron chi connectivity index (χ4n) is 5.48. The fraction of sp³-hybridized carbons (Fsp3) is 0.111. The summed E-state index contributed by atoms with van der Waals surface area (Å²) in [5.74, 6) is -0.386. The van der Waals surface area contributed by atoms with E-state index >= 15 is 0 Å². The summed E-state index contributed by atoms with van der Waals surface area (Å²) in [5.41, 5.74) is 5.89. The van der Waals surface area contributed by atoms with Gasteiger partial charge in [0, 0.05) is 29.9 Å². The van der Waals surface area contributed by atoms with Crippen LogP contribution in [0.5, 0.6) is 0 Å². The molecule has 4 nitrogen and oxygen atoms in total. The van der Waals surface area contributed by atoms with E-state index in [2.05, 4.69) is 5.32 Å². The number of nitrogens with one attached hydrogen (secondary N) is 1. The average molecular weight is 577 g/mol. The van der Waals surface area contributed by atoms with Gasteiger partial charge in [0.2, 0.25) is 0 Å². The van der Waals surface area contributed by atoms with E-state index in [1.54, 1.807) is 24.3 Å². The second kappa shape index (κ2) is 11.6. The standard InChI is InChI=1S/C36H27F3N2O2/c37-36(38,39)28-17-14-25(15-18-28)30-10-4-6-12-32(30)34(42)40-29-19-16-27-23-41(21-20-26(27)22-29)35(43)33-13-7-5-11-31(33)24-8-2-1-3-9-24/h1-19,22H,20-21,23H2,(H,40,42). The quantitative estimate of drug-likeness (QED) is 0.228. The van der Waals surface area contributed by atoms with Gasteiger partial charge in [-0.25, -0.2) is 0 Å². The number of halogens is 3. The first kappa shape index (κ1) is 28.0. The van der Waals surface area contributed by atoms with Crippen LogP contribution in [0.1, 0.15) is 37.4 Å². The molecule has 0 unspecified atom stereocenters. The lowest BCUT2D eigenvalue weighted by atomic mass is 9.95. The minimum atomic E-state index is -4.43. The van der Waals surface area contributed by atoms with Gasteiger partial charge >= 0.3 is 6.18 Å². The minimum absolute atomic E-state index is 0.0256. The molecule has 5 aromatic rings. The molecule has 43 heavy (non-hydrogen) atoms. The van der Waals surface area contributed by atoms with Gasteiger partial charge in [-0.15, -0.1) is 0 Å². The Morgan fingerprint density at radius 2 is 1.26 bits per heavy atom. The van der Waals surface area contributed by atoms with Crippen molar-refractivity contribution in [2.75, 3.05) is 11.9 Å². The molecule has 0 bridgehead atoms. The zero-order valence-electron chi connectivity index (χ0n) is 23.1. The molecule has 214 valence electrons. The van der Waals surface area contributed by atoms with E-state index in [4.69, 9.17) is 0 Å². The number of hydrogen-bond donors (Lipinski definition) is 1. The highest BCUT2D eigenvalue weighted by atomic mass is 19.4. The molecule has 0 saturated carbocycles. The third-order valence-electron chi connectivity index (χ3n) is 7.70. The molecule has 6 rings (SSSR count). The molecule has 0 spiro atoms. The van der Waals surface area contributed by atoms with Crippen molar-refractivity contribution < 1.29 is 22.8 Å². The van der Waals surface area contributed by atoms with Gasteiger partial charge < -0.3 is 10.2 Å². The molecule has 1 aliphatic rings. The molecule has 5 aromatic carbocycles. The summed E-state index contributed by atoms with van der Waals surface area (Å²) in [5, 5.41) is 2.94. The van der Waals surface area contributed by atoms with E-state index in [1.165, 1.54) is 12.1 Å². The van der Waals surface area contributed by atoms with Crippen LogP contribution < -0.4 is 5.32 Å². The van der Waals surface area contributed by atoms with E-state index < -0.39 is 11.7 Å². The van der Waals surface area contributed by atoms with Crippen LogP contribution in [0.25, 0.3) is 22.3 Å². The lowest BCUT2D eigenvalue weighted by molar-refractivity contribution is -0.137.